The maximum atomic E-state index is 10.7. The number of hydrogen-bond donors (Lipinski definition) is 1. The third-order valence-corrected chi connectivity index (χ3v) is 15.9. The number of amides is 1. The van der Waals surface area contributed by atoms with Gasteiger partial charge in [0.25, 0.3) is 0 Å². The zero-order chi connectivity index (χ0) is 11.4. The molecule has 2 nitrogen and oxygen atoms in total. The standard InChI is InChI=1S/C8H13NOS6/c1-6(10)9-5-3-2-4-7-11-13-8(14-12-7)15-16-8/h7H,2-5H2,1H3,(H,9,10). The maximum absolute atomic E-state index is 10.7. The predicted octanol–water partition coefficient (Wildman–Crippen LogP) is 4.40. The maximum Gasteiger partial charge on any atom is 0.216 e. The van der Waals surface area contributed by atoms with Gasteiger partial charge in [0, 0.05) is 13.5 Å². The van der Waals surface area contributed by atoms with Gasteiger partial charge in [-0.05, 0) is 40.9 Å². The molecule has 16 heavy (non-hydrogen) atoms. The van der Waals surface area contributed by atoms with Crippen molar-refractivity contribution in [1.29, 1.82) is 0 Å². The molecule has 0 aromatic heterocycles. The van der Waals surface area contributed by atoms with Crippen LogP contribution in [0.25, 0.3) is 0 Å². The van der Waals surface area contributed by atoms with E-state index in [2.05, 4.69) is 5.32 Å². The number of carbonyl (C=O) groups is 1. The topological polar surface area (TPSA) is 29.1 Å². The molecule has 0 saturated carbocycles. The summed E-state index contributed by atoms with van der Waals surface area (Å²) in [4.78, 5) is 10.7. The van der Waals surface area contributed by atoms with E-state index in [1.807, 2.05) is 64.8 Å². The molecule has 2 rings (SSSR count). The normalized spacial score (nSPS) is 23.3. The molecule has 1 amide bonds. The highest BCUT2D eigenvalue weighted by Crippen LogP contribution is 2.84. The summed E-state index contributed by atoms with van der Waals surface area (Å²) in [5, 5.41) is 2.84. The van der Waals surface area contributed by atoms with Crippen LogP contribution in [-0.4, -0.2) is 19.8 Å². The summed E-state index contributed by atoms with van der Waals surface area (Å²) in [5.74, 6) is 0.0808. The second-order valence-corrected chi connectivity index (χ2v) is 13.1. The lowest BCUT2D eigenvalue weighted by atomic mass is 10.2. The van der Waals surface area contributed by atoms with Gasteiger partial charge in [-0.1, -0.05) is 43.2 Å². The van der Waals surface area contributed by atoms with Crippen molar-refractivity contribution in [2.45, 2.75) is 33.5 Å². The van der Waals surface area contributed by atoms with E-state index in [-0.39, 0.29) is 5.91 Å². The van der Waals surface area contributed by atoms with Crippen molar-refractivity contribution in [3.63, 3.8) is 0 Å². The van der Waals surface area contributed by atoms with Crippen LogP contribution in [0.3, 0.4) is 0 Å². The Balaban J connectivity index is 1.49. The Kier molecular flexibility index (Phi) is 5.82. The number of rotatable bonds is 5. The van der Waals surface area contributed by atoms with Crippen molar-refractivity contribution >= 4 is 70.7 Å². The molecule has 92 valence electrons. The summed E-state index contributed by atoms with van der Waals surface area (Å²) in [6.07, 6.45) is 3.56. The SMILES string of the molecule is CC(=O)NCCCCC1SSC2(SS1)SS2. The summed E-state index contributed by atoms with van der Waals surface area (Å²) in [6.45, 7) is 2.40. The highest BCUT2D eigenvalue weighted by Gasteiger charge is 2.52. The summed E-state index contributed by atoms with van der Waals surface area (Å²) >= 11 is 0. The van der Waals surface area contributed by atoms with Crippen molar-refractivity contribution in [2.75, 3.05) is 6.54 Å². The van der Waals surface area contributed by atoms with Gasteiger partial charge in [0.2, 0.25) is 5.91 Å². The zero-order valence-corrected chi connectivity index (χ0v) is 13.7. The fraction of sp³-hybridized carbons (Fsp3) is 0.875. The van der Waals surface area contributed by atoms with Crippen molar-refractivity contribution in [2.24, 2.45) is 0 Å². The van der Waals surface area contributed by atoms with Crippen LogP contribution in [0.5, 0.6) is 0 Å². The second kappa shape index (κ2) is 6.65. The Hall–Kier alpha value is 1.57. The number of unbranched alkanes of at least 4 members (excludes halogenated alkanes) is 1. The lowest BCUT2D eigenvalue weighted by Crippen LogP contribution is -2.20. The van der Waals surface area contributed by atoms with E-state index in [9.17, 15) is 4.79 Å². The van der Waals surface area contributed by atoms with Crippen LogP contribution >= 0.6 is 64.8 Å². The molecular formula is C8H13NOS6. The molecule has 2 saturated heterocycles. The summed E-state index contributed by atoms with van der Waals surface area (Å²) in [6, 6.07) is 0. The van der Waals surface area contributed by atoms with Gasteiger partial charge >= 0.3 is 0 Å². The summed E-state index contributed by atoms with van der Waals surface area (Å²) < 4.78 is 1.15. The van der Waals surface area contributed by atoms with Gasteiger partial charge < -0.3 is 5.32 Å². The van der Waals surface area contributed by atoms with E-state index in [0.29, 0.717) is 2.74 Å². The largest absolute Gasteiger partial charge is 0.356 e. The third kappa shape index (κ3) is 4.68. The van der Waals surface area contributed by atoms with E-state index >= 15 is 0 Å². The van der Waals surface area contributed by atoms with Gasteiger partial charge in [-0.2, -0.15) is 0 Å². The average molecular weight is 332 g/mol. The molecule has 0 atom stereocenters. The van der Waals surface area contributed by atoms with Gasteiger partial charge in [-0.25, -0.2) is 0 Å². The lowest BCUT2D eigenvalue weighted by Gasteiger charge is -2.23. The predicted molar refractivity (Wildman–Crippen MR) is 84.6 cm³/mol. The summed E-state index contributed by atoms with van der Waals surface area (Å²) in [5.41, 5.74) is 0. The van der Waals surface area contributed by atoms with E-state index in [4.69, 9.17) is 0 Å². The van der Waals surface area contributed by atoms with Crippen LogP contribution in [0, 0.1) is 0 Å². The smallest absolute Gasteiger partial charge is 0.216 e. The van der Waals surface area contributed by atoms with Crippen LogP contribution < -0.4 is 5.32 Å². The van der Waals surface area contributed by atoms with Gasteiger partial charge in [0.1, 0.15) is 0 Å². The minimum Gasteiger partial charge on any atom is -0.356 e. The highest BCUT2D eigenvalue weighted by atomic mass is 33.2. The van der Waals surface area contributed by atoms with Crippen LogP contribution in [-0.2, 0) is 4.79 Å². The van der Waals surface area contributed by atoms with Gasteiger partial charge in [-0.3, -0.25) is 4.79 Å². The molecular weight excluding hydrogens is 318 g/mol. The van der Waals surface area contributed by atoms with E-state index < -0.39 is 0 Å². The van der Waals surface area contributed by atoms with Crippen molar-refractivity contribution < 1.29 is 4.79 Å². The highest BCUT2D eigenvalue weighted by molar-refractivity contribution is 9.14. The van der Waals surface area contributed by atoms with Crippen molar-refractivity contribution in [1.82, 2.24) is 5.32 Å². The molecule has 0 bridgehead atoms. The Labute approximate surface area is 120 Å². The molecule has 1 N–H and O–H groups in total. The minimum absolute atomic E-state index is 0.0808. The molecule has 0 radical (unpaired) electrons. The number of carbonyl (C=O) groups excluding carboxylic acids is 1. The molecule has 0 aliphatic carbocycles. The van der Waals surface area contributed by atoms with Crippen LogP contribution in [0.15, 0.2) is 0 Å². The van der Waals surface area contributed by atoms with Gasteiger partial charge in [-0.15, -0.1) is 0 Å². The third-order valence-electron chi connectivity index (χ3n) is 1.97. The van der Waals surface area contributed by atoms with Gasteiger partial charge in [0.05, 0.1) is 4.58 Å². The molecule has 2 heterocycles. The van der Waals surface area contributed by atoms with E-state index in [0.717, 1.165) is 17.5 Å². The monoisotopic (exact) mass is 331 g/mol. The molecule has 2 aliphatic heterocycles. The van der Waals surface area contributed by atoms with Crippen molar-refractivity contribution in [3.05, 3.63) is 0 Å². The second-order valence-electron chi connectivity index (χ2n) is 3.43. The van der Waals surface area contributed by atoms with Crippen LogP contribution in [0.4, 0.5) is 0 Å². The minimum atomic E-state index is 0.0808. The average Bonchev–Trinajstić information content (AvgIpc) is 3.00. The summed E-state index contributed by atoms with van der Waals surface area (Å²) in [7, 11) is 12.1. The van der Waals surface area contributed by atoms with E-state index in [1.165, 1.54) is 12.8 Å². The molecule has 0 aromatic carbocycles. The van der Waals surface area contributed by atoms with Gasteiger partial charge in [0.15, 0.2) is 2.74 Å². The van der Waals surface area contributed by atoms with Crippen molar-refractivity contribution in [3.8, 4) is 0 Å². The number of nitrogens with one attached hydrogen (secondary N) is 1. The molecule has 0 unspecified atom stereocenters. The molecule has 0 aromatic rings. The van der Waals surface area contributed by atoms with Crippen LogP contribution in [0.2, 0.25) is 0 Å². The first-order chi connectivity index (χ1) is 7.70. The Morgan fingerprint density at radius 2 is 1.88 bits per heavy atom. The Bertz CT molecular complexity index is 249. The quantitative estimate of drug-likeness (QED) is 0.453. The Morgan fingerprint density at radius 1 is 1.19 bits per heavy atom. The van der Waals surface area contributed by atoms with E-state index in [1.54, 1.807) is 6.92 Å². The molecule has 1 spiro atoms. The fourth-order valence-corrected chi connectivity index (χ4v) is 14.6. The Morgan fingerprint density at radius 3 is 2.44 bits per heavy atom. The zero-order valence-electron chi connectivity index (χ0n) is 8.76. The van der Waals surface area contributed by atoms with Crippen LogP contribution in [0.1, 0.15) is 26.2 Å². The first-order valence-corrected chi connectivity index (χ1v) is 11.6. The number of hydrogen-bond acceptors (Lipinski definition) is 7. The molecule has 2 fully saturated rings. The molecule has 2 aliphatic rings. The first kappa shape index (κ1) is 14.0. The fourth-order valence-electron chi connectivity index (χ4n) is 1.14. The first-order valence-electron chi connectivity index (χ1n) is 5.00. The molecule has 8 heteroatoms. The lowest BCUT2D eigenvalue weighted by molar-refractivity contribution is -0.118.